The number of aromatic nitrogens is 1. The zero-order valence-corrected chi connectivity index (χ0v) is 18.3. The van der Waals surface area contributed by atoms with Crippen LogP contribution in [0.5, 0.6) is 5.88 Å². The van der Waals surface area contributed by atoms with Crippen molar-refractivity contribution < 1.29 is 9.47 Å². The molecule has 1 aliphatic rings. The van der Waals surface area contributed by atoms with Crippen LogP contribution in [-0.4, -0.2) is 43.9 Å². The second kappa shape index (κ2) is 14.0. The lowest BCUT2D eigenvalue weighted by Gasteiger charge is -2.11. The third kappa shape index (κ3) is 10.2. The van der Waals surface area contributed by atoms with Crippen LogP contribution in [-0.2, 0) is 11.3 Å². The molecule has 0 radical (unpaired) electrons. The molecule has 1 saturated carbocycles. The first kappa shape index (κ1) is 23.0. The number of aliphatic imine (C=N–C) groups is 1. The third-order valence-corrected chi connectivity index (χ3v) is 3.94. The lowest BCUT2D eigenvalue weighted by molar-refractivity contribution is 0.143. The lowest BCUT2D eigenvalue weighted by Crippen LogP contribution is -2.37. The van der Waals surface area contributed by atoms with Crippen LogP contribution in [0.1, 0.15) is 45.1 Å². The van der Waals surface area contributed by atoms with Crippen molar-refractivity contribution in [1.82, 2.24) is 15.6 Å². The SMILES string of the molecule is CCNC(=NCc1ccnc(OCC2CC2)c1)NCCCCOCC.I. The zero-order chi connectivity index (χ0) is 17.7. The summed E-state index contributed by atoms with van der Waals surface area (Å²) in [5.74, 6) is 2.28. The van der Waals surface area contributed by atoms with Gasteiger partial charge in [0, 0.05) is 38.6 Å². The number of rotatable bonds is 12. The number of nitrogens with one attached hydrogen (secondary N) is 2. The van der Waals surface area contributed by atoms with Gasteiger partial charge in [0.05, 0.1) is 13.2 Å². The Labute approximate surface area is 174 Å². The van der Waals surface area contributed by atoms with Gasteiger partial charge in [0.1, 0.15) is 0 Å². The summed E-state index contributed by atoms with van der Waals surface area (Å²) >= 11 is 0. The molecule has 6 nitrogen and oxygen atoms in total. The molecule has 0 saturated heterocycles. The van der Waals surface area contributed by atoms with Gasteiger partial charge < -0.3 is 20.1 Å². The van der Waals surface area contributed by atoms with Crippen molar-refractivity contribution in [3.05, 3.63) is 23.9 Å². The lowest BCUT2D eigenvalue weighted by atomic mass is 10.3. The molecule has 0 amide bonds. The molecule has 0 bridgehead atoms. The smallest absolute Gasteiger partial charge is 0.213 e. The largest absolute Gasteiger partial charge is 0.477 e. The van der Waals surface area contributed by atoms with Crippen LogP contribution < -0.4 is 15.4 Å². The van der Waals surface area contributed by atoms with Crippen molar-refractivity contribution in [2.75, 3.05) is 32.9 Å². The van der Waals surface area contributed by atoms with E-state index in [4.69, 9.17) is 9.47 Å². The maximum Gasteiger partial charge on any atom is 0.213 e. The minimum absolute atomic E-state index is 0. The Morgan fingerprint density at radius 1 is 1.27 bits per heavy atom. The van der Waals surface area contributed by atoms with Gasteiger partial charge in [-0.1, -0.05) is 0 Å². The van der Waals surface area contributed by atoms with Crippen LogP contribution in [0.15, 0.2) is 23.3 Å². The van der Waals surface area contributed by atoms with Gasteiger partial charge >= 0.3 is 0 Å². The van der Waals surface area contributed by atoms with Crippen molar-refractivity contribution in [3.63, 3.8) is 0 Å². The molecular weight excluding hydrogens is 443 g/mol. The van der Waals surface area contributed by atoms with E-state index in [1.54, 1.807) is 6.20 Å². The molecule has 148 valence electrons. The second-order valence-corrected chi connectivity index (χ2v) is 6.28. The van der Waals surface area contributed by atoms with Crippen LogP contribution in [0.4, 0.5) is 0 Å². The number of hydrogen-bond donors (Lipinski definition) is 2. The van der Waals surface area contributed by atoms with Crippen LogP contribution in [0, 0.1) is 5.92 Å². The number of guanidine groups is 1. The van der Waals surface area contributed by atoms with Gasteiger partial charge in [-0.25, -0.2) is 9.98 Å². The molecule has 2 rings (SSSR count). The van der Waals surface area contributed by atoms with Crippen molar-refractivity contribution in [3.8, 4) is 5.88 Å². The van der Waals surface area contributed by atoms with Crippen LogP contribution in [0.2, 0.25) is 0 Å². The molecule has 1 aromatic heterocycles. The molecule has 0 unspecified atom stereocenters. The molecule has 2 N–H and O–H groups in total. The highest BCUT2D eigenvalue weighted by Crippen LogP contribution is 2.29. The highest BCUT2D eigenvalue weighted by molar-refractivity contribution is 14.0. The number of hydrogen-bond acceptors (Lipinski definition) is 4. The maximum absolute atomic E-state index is 5.73. The quantitative estimate of drug-likeness (QED) is 0.210. The summed E-state index contributed by atoms with van der Waals surface area (Å²) < 4.78 is 11.1. The maximum atomic E-state index is 5.73. The minimum atomic E-state index is 0. The molecule has 0 spiro atoms. The van der Waals surface area contributed by atoms with Crippen LogP contribution >= 0.6 is 24.0 Å². The monoisotopic (exact) mass is 476 g/mol. The van der Waals surface area contributed by atoms with E-state index >= 15 is 0 Å². The first-order chi connectivity index (χ1) is 12.3. The summed E-state index contributed by atoms with van der Waals surface area (Å²) in [6, 6.07) is 3.97. The first-order valence-corrected chi connectivity index (χ1v) is 9.49. The molecule has 7 heteroatoms. The highest BCUT2D eigenvalue weighted by Gasteiger charge is 2.22. The predicted molar refractivity (Wildman–Crippen MR) is 116 cm³/mol. The average molecular weight is 476 g/mol. The van der Waals surface area contributed by atoms with E-state index in [0.717, 1.165) is 63.2 Å². The Hall–Kier alpha value is -1.09. The summed E-state index contributed by atoms with van der Waals surface area (Å²) in [5, 5.41) is 6.65. The van der Waals surface area contributed by atoms with E-state index in [1.807, 2.05) is 19.1 Å². The Balaban J connectivity index is 0.00000338. The van der Waals surface area contributed by atoms with Gasteiger partial charge in [-0.2, -0.15) is 0 Å². The van der Waals surface area contributed by atoms with Gasteiger partial charge in [-0.3, -0.25) is 0 Å². The zero-order valence-electron chi connectivity index (χ0n) is 16.0. The summed E-state index contributed by atoms with van der Waals surface area (Å²) in [4.78, 5) is 8.92. The van der Waals surface area contributed by atoms with Gasteiger partial charge in [0.15, 0.2) is 5.96 Å². The Morgan fingerprint density at radius 2 is 2.12 bits per heavy atom. The first-order valence-electron chi connectivity index (χ1n) is 9.49. The predicted octanol–water partition coefficient (Wildman–Crippen LogP) is 3.36. The van der Waals surface area contributed by atoms with Gasteiger partial charge in [-0.05, 0) is 57.1 Å². The van der Waals surface area contributed by atoms with Crippen molar-refractivity contribution >= 4 is 29.9 Å². The molecule has 26 heavy (non-hydrogen) atoms. The van der Waals surface area contributed by atoms with Gasteiger partial charge in [0.2, 0.25) is 5.88 Å². The van der Waals surface area contributed by atoms with Crippen LogP contribution in [0.3, 0.4) is 0 Å². The Morgan fingerprint density at radius 3 is 2.85 bits per heavy atom. The summed E-state index contributed by atoms with van der Waals surface area (Å²) in [6.07, 6.45) is 6.49. The van der Waals surface area contributed by atoms with E-state index in [9.17, 15) is 0 Å². The number of pyridine rings is 1. The summed E-state index contributed by atoms with van der Waals surface area (Å²) in [7, 11) is 0. The normalized spacial score (nSPS) is 13.8. The molecule has 0 aromatic carbocycles. The topological polar surface area (TPSA) is 67.8 Å². The van der Waals surface area contributed by atoms with E-state index in [2.05, 4.69) is 27.5 Å². The number of ether oxygens (including phenoxy) is 2. The average Bonchev–Trinajstić information content (AvgIpc) is 3.45. The second-order valence-electron chi connectivity index (χ2n) is 6.28. The Kier molecular flexibility index (Phi) is 12.4. The van der Waals surface area contributed by atoms with Gasteiger partial charge in [-0.15, -0.1) is 24.0 Å². The van der Waals surface area contributed by atoms with E-state index in [0.29, 0.717) is 12.4 Å². The van der Waals surface area contributed by atoms with Gasteiger partial charge in [0.25, 0.3) is 0 Å². The molecule has 0 atom stereocenters. The molecule has 1 fully saturated rings. The van der Waals surface area contributed by atoms with E-state index in [1.165, 1.54) is 12.8 Å². The molecular formula is C19H33IN4O2. The summed E-state index contributed by atoms with van der Waals surface area (Å²) in [5.41, 5.74) is 1.11. The molecule has 1 aliphatic carbocycles. The minimum Gasteiger partial charge on any atom is -0.477 e. The van der Waals surface area contributed by atoms with E-state index < -0.39 is 0 Å². The van der Waals surface area contributed by atoms with Crippen LogP contribution in [0.25, 0.3) is 0 Å². The fourth-order valence-electron chi connectivity index (χ4n) is 2.31. The number of unbranched alkanes of at least 4 members (excludes halogenated alkanes) is 1. The van der Waals surface area contributed by atoms with Crippen molar-refractivity contribution in [1.29, 1.82) is 0 Å². The molecule has 1 heterocycles. The van der Waals surface area contributed by atoms with Crippen molar-refractivity contribution in [2.45, 2.75) is 46.1 Å². The van der Waals surface area contributed by atoms with Crippen molar-refractivity contribution in [2.24, 2.45) is 10.9 Å². The highest BCUT2D eigenvalue weighted by atomic mass is 127. The number of halogens is 1. The number of nitrogens with zero attached hydrogens (tertiary/aromatic N) is 2. The fourth-order valence-corrected chi connectivity index (χ4v) is 2.31. The third-order valence-electron chi connectivity index (χ3n) is 3.94. The molecule has 1 aromatic rings. The standard InChI is InChI=1S/C19H32N4O2.HI/c1-3-20-19(22-10-5-6-12-24-4-2)23-14-17-9-11-21-18(13-17)25-15-16-7-8-16;/h9,11,13,16H,3-8,10,12,14-15H2,1-2H3,(H2,20,22,23);1H. The molecule has 0 aliphatic heterocycles. The Bertz CT molecular complexity index is 524. The summed E-state index contributed by atoms with van der Waals surface area (Å²) in [6.45, 7) is 8.84. The van der Waals surface area contributed by atoms with E-state index in [-0.39, 0.29) is 24.0 Å². The fraction of sp³-hybridized carbons (Fsp3) is 0.684.